The van der Waals surface area contributed by atoms with E-state index in [0.29, 0.717) is 5.25 Å². The zero-order valence-corrected chi connectivity index (χ0v) is 8.40. The van der Waals surface area contributed by atoms with Gasteiger partial charge in [-0.2, -0.15) is 0 Å². The van der Waals surface area contributed by atoms with Gasteiger partial charge in [0.05, 0.1) is 0 Å². The lowest BCUT2D eigenvalue weighted by Crippen LogP contribution is -1.95. The van der Waals surface area contributed by atoms with Gasteiger partial charge in [-0.1, -0.05) is 30.4 Å². The highest BCUT2D eigenvalue weighted by atomic mass is 32.2. The first-order valence-electron chi connectivity index (χ1n) is 4.07. The Hall–Kier alpha value is -0.690. The van der Waals surface area contributed by atoms with Gasteiger partial charge in [0.25, 0.3) is 0 Å². The molecule has 0 aliphatic carbocycles. The highest BCUT2D eigenvalue weighted by Crippen LogP contribution is 2.26. The van der Waals surface area contributed by atoms with Crippen LogP contribution in [0.25, 0.3) is 0 Å². The molecule has 0 saturated heterocycles. The summed E-state index contributed by atoms with van der Waals surface area (Å²) in [5.41, 5.74) is 1.23. The van der Waals surface area contributed by atoms with E-state index in [1.54, 1.807) is 0 Å². The molecule has 0 bridgehead atoms. The molecule has 1 aromatic rings. The lowest BCUT2D eigenvalue weighted by Gasteiger charge is -2.09. The minimum absolute atomic E-state index is 0.507. The van der Waals surface area contributed by atoms with Crippen molar-refractivity contribution in [2.75, 3.05) is 0 Å². The molecule has 0 spiro atoms. The Morgan fingerprint density at radius 1 is 1.33 bits per heavy atom. The fourth-order valence-corrected chi connectivity index (χ4v) is 1.73. The summed E-state index contributed by atoms with van der Waals surface area (Å²) in [6.07, 6.45) is 0. The average Bonchev–Trinajstić information content (AvgIpc) is 2.06. The molecular formula is C11H14S. The van der Waals surface area contributed by atoms with Crippen LogP contribution in [0.5, 0.6) is 0 Å². The van der Waals surface area contributed by atoms with Gasteiger partial charge in [0.1, 0.15) is 0 Å². The summed E-state index contributed by atoms with van der Waals surface area (Å²) in [6, 6.07) is 10.4. The van der Waals surface area contributed by atoms with Crippen LogP contribution in [-0.4, -0.2) is 5.25 Å². The standard InChI is InChI=1S/C11H14S/c1-9(2)10(3)12-11-7-5-4-6-8-11/h4-8,10H,1H2,2-3H3. The predicted octanol–water partition coefficient (Wildman–Crippen LogP) is 3.74. The van der Waals surface area contributed by atoms with Gasteiger partial charge in [0, 0.05) is 10.1 Å². The van der Waals surface area contributed by atoms with Crippen LogP contribution in [0.1, 0.15) is 13.8 Å². The second-order valence-electron chi connectivity index (χ2n) is 2.92. The van der Waals surface area contributed by atoms with Crippen molar-refractivity contribution in [2.24, 2.45) is 0 Å². The Morgan fingerprint density at radius 2 is 1.92 bits per heavy atom. The lowest BCUT2D eigenvalue weighted by atomic mass is 10.3. The molecule has 0 aliphatic rings. The topological polar surface area (TPSA) is 0 Å². The first kappa shape index (κ1) is 9.40. The number of benzene rings is 1. The third-order valence-corrected chi connectivity index (χ3v) is 3.05. The lowest BCUT2D eigenvalue weighted by molar-refractivity contribution is 1.13. The van der Waals surface area contributed by atoms with Crippen molar-refractivity contribution in [3.63, 3.8) is 0 Å². The molecule has 0 saturated carbocycles. The van der Waals surface area contributed by atoms with Crippen molar-refractivity contribution in [1.82, 2.24) is 0 Å². The van der Waals surface area contributed by atoms with Gasteiger partial charge in [-0.3, -0.25) is 0 Å². The monoisotopic (exact) mass is 178 g/mol. The van der Waals surface area contributed by atoms with Gasteiger partial charge in [0.2, 0.25) is 0 Å². The zero-order valence-electron chi connectivity index (χ0n) is 7.58. The van der Waals surface area contributed by atoms with E-state index >= 15 is 0 Å². The molecule has 12 heavy (non-hydrogen) atoms. The molecular weight excluding hydrogens is 164 g/mol. The van der Waals surface area contributed by atoms with Gasteiger partial charge >= 0.3 is 0 Å². The van der Waals surface area contributed by atoms with Gasteiger partial charge in [-0.15, -0.1) is 11.8 Å². The number of rotatable bonds is 3. The van der Waals surface area contributed by atoms with E-state index < -0.39 is 0 Å². The SMILES string of the molecule is C=C(C)C(C)Sc1ccccc1. The second kappa shape index (κ2) is 4.36. The molecule has 0 amide bonds. The molecule has 64 valence electrons. The molecule has 1 aromatic carbocycles. The maximum atomic E-state index is 3.93. The van der Waals surface area contributed by atoms with E-state index in [1.165, 1.54) is 10.5 Å². The molecule has 0 nitrogen and oxygen atoms in total. The minimum Gasteiger partial charge on any atom is -0.119 e. The summed E-state index contributed by atoms with van der Waals surface area (Å²) >= 11 is 1.85. The van der Waals surface area contributed by atoms with E-state index in [-0.39, 0.29) is 0 Å². The molecule has 0 aromatic heterocycles. The minimum atomic E-state index is 0.507. The fraction of sp³-hybridized carbons (Fsp3) is 0.273. The van der Waals surface area contributed by atoms with Crippen LogP contribution in [0.2, 0.25) is 0 Å². The van der Waals surface area contributed by atoms with Crippen LogP contribution >= 0.6 is 11.8 Å². The fourth-order valence-electron chi connectivity index (χ4n) is 0.804. The third kappa shape index (κ3) is 2.74. The van der Waals surface area contributed by atoms with Crippen molar-refractivity contribution in [3.8, 4) is 0 Å². The molecule has 0 fully saturated rings. The van der Waals surface area contributed by atoms with Crippen molar-refractivity contribution < 1.29 is 0 Å². The van der Waals surface area contributed by atoms with Gasteiger partial charge in [-0.05, 0) is 26.0 Å². The van der Waals surface area contributed by atoms with Crippen molar-refractivity contribution >= 4 is 11.8 Å². The van der Waals surface area contributed by atoms with Crippen LogP contribution in [0.4, 0.5) is 0 Å². The van der Waals surface area contributed by atoms with E-state index in [2.05, 4.69) is 44.7 Å². The van der Waals surface area contributed by atoms with Crippen LogP contribution in [0.15, 0.2) is 47.4 Å². The van der Waals surface area contributed by atoms with Crippen LogP contribution < -0.4 is 0 Å². The van der Waals surface area contributed by atoms with Crippen molar-refractivity contribution in [1.29, 1.82) is 0 Å². The normalized spacial score (nSPS) is 12.5. The zero-order chi connectivity index (χ0) is 8.97. The Kier molecular flexibility index (Phi) is 3.42. The first-order valence-corrected chi connectivity index (χ1v) is 4.95. The van der Waals surface area contributed by atoms with Gasteiger partial charge in [-0.25, -0.2) is 0 Å². The Morgan fingerprint density at radius 3 is 2.42 bits per heavy atom. The molecule has 0 aliphatic heterocycles. The van der Waals surface area contributed by atoms with Crippen LogP contribution in [0.3, 0.4) is 0 Å². The largest absolute Gasteiger partial charge is 0.119 e. The second-order valence-corrected chi connectivity index (χ2v) is 4.33. The summed E-state index contributed by atoms with van der Waals surface area (Å²) in [7, 11) is 0. The van der Waals surface area contributed by atoms with E-state index in [9.17, 15) is 0 Å². The highest BCUT2D eigenvalue weighted by molar-refractivity contribution is 8.00. The number of hydrogen-bond acceptors (Lipinski definition) is 1. The molecule has 0 heterocycles. The van der Waals surface area contributed by atoms with Gasteiger partial charge in [0.15, 0.2) is 0 Å². The quantitative estimate of drug-likeness (QED) is 0.502. The Bertz CT molecular complexity index is 251. The van der Waals surface area contributed by atoms with Crippen molar-refractivity contribution in [2.45, 2.75) is 24.0 Å². The first-order chi connectivity index (χ1) is 5.70. The molecule has 0 N–H and O–H groups in total. The smallest absolute Gasteiger partial charge is 0.0270 e. The van der Waals surface area contributed by atoms with E-state index in [4.69, 9.17) is 0 Å². The Balaban J connectivity index is 2.58. The molecule has 1 unspecified atom stereocenters. The highest BCUT2D eigenvalue weighted by Gasteiger charge is 2.02. The number of thioether (sulfide) groups is 1. The maximum Gasteiger partial charge on any atom is 0.0270 e. The molecule has 0 radical (unpaired) electrons. The van der Waals surface area contributed by atoms with E-state index in [1.807, 2.05) is 17.8 Å². The summed E-state index contributed by atoms with van der Waals surface area (Å²) in [5, 5.41) is 0.507. The molecule has 1 rings (SSSR count). The molecule has 1 heteroatoms. The maximum absolute atomic E-state index is 3.93. The van der Waals surface area contributed by atoms with Crippen molar-refractivity contribution in [3.05, 3.63) is 42.5 Å². The average molecular weight is 178 g/mol. The van der Waals surface area contributed by atoms with E-state index in [0.717, 1.165) is 0 Å². The van der Waals surface area contributed by atoms with Gasteiger partial charge < -0.3 is 0 Å². The molecule has 1 atom stereocenters. The Labute approximate surface area is 78.7 Å². The predicted molar refractivity (Wildman–Crippen MR) is 56.6 cm³/mol. The summed E-state index contributed by atoms with van der Waals surface area (Å²) in [4.78, 5) is 1.31. The van der Waals surface area contributed by atoms with Crippen LogP contribution in [0, 0.1) is 0 Å². The van der Waals surface area contributed by atoms with Crippen LogP contribution in [-0.2, 0) is 0 Å². The third-order valence-electron chi connectivity index (χ3n) is 1.75. The summed E-state index contributed by atoms with van der Waals surface area (Å²) in [5.74, 6) is 0. The summed E-state index contributed by atoms with van der Waals surface area (Å²) in [6.45, 7) is 8.18. The summed E-state index contributed by atoms with van der Waals surface area (Å²) < 4.78 is 0. The number of hydrogen-bond donors (Lipinski definition) is 0.